The lowest BCUT2D eigenvalue weighted by atomic mass is 9.78. The number of nitrogens with zero attached hydrogens (tertiary/aromatic N) is 2. The van der Waals surface area contributed by atoms with Gasteiger partial charge in [0.1, 0.15) is 0 Å². The van der Waals surface area contributed by atoms with Crippen LogP contribution in [0.1, 0.15) is 51.9 Å². The molecule has 3 fully saturated rings. The first-order valence-electron chi connectivity index (χ1n) is 7.90. The van der Waals surface area contributed by atoms with Gasteiger partial charge < -0.3 is 0 Å². The molecule has 18 heavy (non-hydrogen) atoms. The molecule has 100 valence electrons. The average Bonchev–Trinajstić information content (AvgIpc) is 3.23. The fourth-order valence-corrected chi connectivity index (χ4v) is 3.51. The van der Waals surface area contributed by atoms with Gasteiger partial charge in [-0.05, 0) is 62.7 Å². The van der Waals surface area contributed by atoms with Crippen LogP contribution in [0.5, 0.6) is 0 Å². The Labute approximate surface area is 111 Å². The lowest BCUT2D eigenvalue weighted by Gasteiger charge is -2.39. The molecule has 3 atom stereocenters. The van der Waals surface area contributed by atoms with E-state index in [0.29, 0.717) is 12.0 Å². The zero-order chi connectivity index (χ0) is 12.5. The minimum atomic E-state index is 0.304. The van der Waals surface area contributed by atoms with Crippen molar-refractivity contribution in [3.63, 3.8) is 0 Å². The molecule has 3 aliphatic carbocycles. The second-order valence-corrected chi connectivity index (χ2v) is 7.06. The molecule has 0 saturated heterocycles. The summed E-state index contributed by atoms with van der Waals surface area (Å²) in [5.41, 5.74) is 0. The van der Waals surface area contributed by atoms with Gasteiger partial charge in [-0.1, -0.05) is 6.92 Å². The van der Waals surface area contributed by atoms with Gasteiger partial charge in [0.25, 0.3) is 0 Å². The van der Waals surface area contributed by atoms with Crippen molar-refractivity contribution in [3.8, 4) is 6.07 Å². The van der Waals surface area contributed by atoms with E-state index in [1.54, 1.807) is 0 Å². The smallest absolute Gasteiger partial charge is 0.0672 e. The lowest BCUT2D eigenvalue weighted by molar-refractivity contribution is 0.0958. The van der Waals surface area contributed by atoms with Gasteiger partial charge in [-0.25, -0.2) is 0 Å². The highest BCUT2D eigenvalue weighted by Gasteiger charge is 2.38. The van der Waals surface area contributed by atoms with Crippen molar-refractivity contribution in [1.29, 1.82) is 5.26 Å². The van der Waals surface area contributed by atoms with Crippen LogP contribution in [0, 0.1) is 35.0 Å². The molecule has 2 heteroatoms. The Kier molecular flexibility index (Phi) is 3.61. The van der Waals surface area contributed by atoms with E-state index >= 15 is 0 Å². The SMILES string of the molecule is CC1CCC(C#N)C(N(CC2CC2)CC2CC2)C1. The Morgan fingerprint density at radius 3 is 2.11 bits per heavy atom. The third kappa shape index (κ3) is 3.06. The van der Waals surface area contributed by atoms with E-state index in [9.17, 15) is 5.26 Å². The van der Waals surface area contributed by atoms with Crippen molar-refractivity contribution in [3.05, 3.63) is 0 Å². The van der Waals surface area contributed by atoms with Crippen molar-refractivity contribution >= 4 is 0 Å². The summed E-state index contributed by atoms with van der Waals surface area (Å²) in [7, 11) is 0. The van der Waals surface area contributed by atoms with Gasteiger partial charge in [0.2, 0.25) is 0 Å². The van der Waals surface area contributed by atoms with Crippen LogP contribution in [-0.4, -0.2) is 24.0 Å². The normalized spacial score (nSPS) is 36.6. The van der Waals surface area contributed by atoms with Crippen LogP contribution < -0.4 is 0 Å². The molecule has 0 heterocycles. The Hall–Kier alpha value is -0.550. The van der Waals surface area contributed by atoms with E-state index in [1.807, 2.05) is 0 Å². The molecule has 2 nitrogen and oxygen atoms in total. The second-order valence-electron chi connectivity index (χ2n) is 7.06. The summed E-state index contributed by atoms with van der Waals surface area (Å²) in [6.07, 6.45) is 9.38. The van der Waals surface area contributed by atoms with Crippen molar-refractivity contribution in [2.45, 2.75) is 57.9 Å². The highest BCUT2D eigenvalue weighted by Crippen LogP contribution is 2.39. The Bertz CT molecular complexity index is 310. The van der Waals surface area contributed by atoms with Gasteiger partial charge in [0.05, 0.1) is 12.0 Å². The van der Waals surface area contributed by atoms with Crippen LogP contribution in [0.15, 0.2) is 0 Å². The van der Waals surface area contributed by atoms with Gasteiger partial charge in [0, 0.05) is 19.1 Å². The minimum Gasteiger partial charge on any atom is -0.299 e. The molecule has 0 aliphatic heterocycles. The summed E-state index contributed by atoms with van der Waals surface area (Å²) in [6, 6.07) is 3.17. The van der Waals surface area contributed by atoms with Crippen molar-refractivity contribution in [2.75, 3.05) is 13.1 Å². The second kappa shape index (κ2) is 5.21. The number of hydrogen-bond acceptors (Lipinski definition) is 2. The van der Waals surface area contributed by atoms with E-state index in [0.717, 1.165) is 24.2 Å². The predicted molar refractivity (Wildman–Crippen MR) is 72.9 cm³/mol. The zero-order valence-corrected chi connectivity index (χ0v) is 11.6. The molecular formula is C16H26N2. The molecule has 0 N–H and O–H groups in total. The summed E-state index contributed by atoms with van der Waals surface area (Å²) >= 11 is 0. The maximum Gasteiger partial charge on any atom is 0.0672 e. The highest BCUT2D eigenvalue weighted by atomic mass is 15.2. The zero-order valence-electron chi connectivity index (χ0n) is 11.6. The fraction of sp³-hybridized carbons (Fsp3) is 0.938. The van der Waals surface area contributed by atoms with E-state index < -0.39 is 0 Å². The van der Waals surface area contributed by atoms with E-state index in [-0.39, 0.29) is 0 Å². The summed E-state index contributed by atoms with van der Waals surface area (Å²) < 4.78 is 0. The predicted octanol–water partition coefficient (Wildman–Crippen LogP) is 3.44. The van der Waals surface area contributed by atoms with Crippen LogP contribution in [0.4, 0.5) is 0 Å². The molecule has 0 radical (unpaired) electrons. The lowest BCUT2D eigenvalue weighted by Crippen LogP contribution is -2.45. The molecule has 3 saturated carbocycles. The summed E-state index contributed by atoms with van der Waals surface area (Å²) in [6.45, 7) is 4.94. The molecular weight excluding hydrogens is 220 g/mol. The summed E-state index contributed by atoms with van der Waals surface area (Å²) in [5, 5.41) is 9.42. The first-order chi connectivity index (χ1) is 8.76. The van der Waals surface area contributed by atoms with Crippen LogP contribution in [0.2, 0.25) is 0 Å². The van der Waals surface area contributed by atoms with Crippen molar-refractivity contribution in [1.82, 2.24) is 4.90 Å². The Morgan fingerprint density at radius 1 is 1.00 bits per heavy atom. The van der Waals surface area contributed by atoms with Crippen molar-refractivity contribution in [2.24, 2.45) is 23.7 Å². The number of nitriles is 1. The first-order valence-corrected chi connectivity index (χ1v) is 7.90. The monoisotopic (exact) mass is 246 g/mol. The third-order valence-corrected chi connectivity index (χ3v) is 5.09. The van der Waals surface area contributed by atoms with Crippen LogP contribution in [-0.2, 0) is 0 Å². The standard InChI is InChI=1S/C16H26N2/c1-12-2-7-15(9-17)16(8-12)18(10-13-3-4-13)11-14-5-6-14/h12-16H,2-8,10-11H2,1H3. The Balaban J connectivity index is 1.66. The molecule has 0 aromatic rings. The molecule has 3 unspecified atom stereocenters. The topological polar surface area (TPSA) is 27.0 Å². The van der Waals surface area contributed by atoms with Gasteiger partial charge in [-0.15, -0.1) is 0 Å². The molecule has 0 amide bonds. The summed E-state index contributed by atoms with van der Waals surface area (Å²) in [5.74, 6) is 3.04. The maximum atomic E-state index is 9.42. The third-order valence-electron chi connectivity index (χ3n) is 5.09. The molecule has 3 rings (SSSR count). The van der Waals surface area contributed by atoms with Crippen LogP contribution in [0.25, 0.3) is 0 Å². The van der Waals surface area contributed by atoms with Gasteiger partial charge >= 0.3 is 0 Å². The first kappa shape index (κ1) is 12.5. The largest absolute Gasteiger partial charge is 0.299 e. The van der Waals surface area contributed by atoms with Gasteiger partial charge in [-0.3, -0.25) is 4.90 Å². The van der Waals surface area contributed by atoms with Gasteiger partial charge in [-0.2, -0.15) is 5.26 Å². The quantitative estimate of drug-likeness (QED) is 0.743. The minimum absolute atomic E-state index is 0.304. The van der Waals surface area contributed by atoms with E-state index in [1.165, 1.54) is 51.6 Å². The van der Waals surface area contributed by atoms with Crippen molar-refractivity contribution < 1.29 is 0 Å². The fourth-order valence-electron chi connectivity index (χ4n) is 3.51. The van der Waals surface area contributed by atoms with E-state index in [4.69, 9.17) is 0 Å². The number of rotatable bonds is 5. The highest BCUT2D eigenvalue weighted by molar-refractivity contribution is 4.99. The molecule has 3 aliphatic rings. The maximum absolute atomic E-state index is 9.42. The number of hydrogen-bond donors (Lipinski definition) is 0. The van der Waals surface area contributed by atoms with Crippen LogP contribution >= 0.6 is 0 Å². The molecule has 0 aromatic carbocycles. The van der Waals surface area contributed by atoms with Crippen LogP contribution in [0.3, 0.4) is 0 Å². The summed E-state index contributed by atoms with van der Waals surface area (Å²) in [4.78, 5) is 2.72. The molecule has 0 aromatic heterocycles. The molecule has 0 spiro atoms. The average molecular weight is 246 g/mol. The molecule has 0 bridgehead atoms. The van der Waals surface area contributed by atoms with E-state index in [2.05, 4.69) is 17.9 Å². The Morgan fingerprint density at radius 2 is 1.61 bits per heavy atom. The van der Waals surface area contributed by atoms with Gasteiger partial charge in [0.15, 0.2) is 0 Å².